The summed E-state index contributed by atoms with van der Waals surface area (Å²) in [4.78, 5) is 33.7. The van der Waals surface area contributed by atoms with Crippen molar-refractivity contribution in [3.8, 4) is 0 Å². The molecular formula is C13H19NO4P+. The molecule has 0 amide bonds. The van der Waals surface area contributed by atoms with Gasteiger partial charge in [-0.1, -0.05) is 30.3 Å². The van der Waals surface area contributed by atoms with Gasteiger partial charge in [-0.15, -0.1) is 0 Å². The highest BCUT2D eigenvalue weighted by Crippen LogP contribution is 2.47. The van der Waals surface area contributed by atoms with Crippen LogP contribution in [0.25, 0.3) is 0 Å². The predicted octanol–water partition coefficient (Wildman–Crippen LogP) is 1.95. The van der Waals surface area contributed by atoms with E-state index in [0.717, 1.165) is 5.56 Å². The Hall–Kier alpha value is -1.29. The van der Waals surface area contributed by atoms with Crippen molar-refractivity contribution in [3.63, 3.8) is 0 Å². The minimum absolute atomic E-state index is 0.0453. The molecule has 1 aromatic rings. The number of hydrogen-bond donors (Lipinski definition) is 3. The highest BCUT2D eigenvalue weighted by atomic mass is 31.2. The third-order valence-electron chi connectivity index (χ3n) is 2.52. The van der Waals surface area contributed by atoms with Crippen molar-refractivity contribution in [3.05, 3.63) is 35.9 Å². The van der Waals surface area contributed by atoms with Crippen molar-refractivity contribution in [2.24, 2.45) is 4.99 Å². The van der Waals surface area contributed by atoms with E-state index in [-0.39, 0.29) is 12.6 Å². The van der Waals surface area contributed by atoms with Crippen molar-refractivity contribution < 1.29 is 19.7 Å². The molecule has 104 valence electrons. The molecule has 0 aliphatic carbocycles. The van der Waals surface area contributed by atoms with Crippen molar-refractivity contribution >= 4 is 19.6 Å². The maximum Gasteiger partial charge on any atom is 0.311 e. The lowest BCUT2D eigenvalue weighted by Gasteiger charge is -2.06. The Labute approximate surface area is 113 Å². The Balaban J connectivity index is 2.30. The van der Waals surface area contributed by atoms with Crippen LogP contribution in [-0.2, 0) is 11.2 Å². The SMILES string of the molecule is O=C(O)CCCN=C[P+](O)(O)CCc1ccccc1. The summed E-state index contributed by atoms with van der Waals surface area (Å²) in [6.45, 7) is 0.306. The highest BCUT2D eigenvalue weighted by Gasteiger charge is 2.30. The van der Waals surface area contributed by atoms with Crippen LogP contribution in [0, 0.1) is 0 Å². The van der Waals surface area contributed by atoms with Gasteiger partial charge in [-0.25, -0.2) is 9.79 Å². The fourth-order valence-corrected chi connectivity index (χ4v) is 2.59. The summed E-state index contributed by atoms with van der Waals surface area (Å²) < 4.78 is 0. The number of aliphatic imine (C=N–C) groups is 1. The monoisotopic (exact) mass is 284 g/mol. The molecule has 19 heavy (non-hydrogen) atoms. The van der Waals surface area contributed by atoms with Crippen LogP contribution in [0.3, 0.4) is 0 Å². The van der Waals surface area contributed by atoms with E-state index in [0.29, 0.717) is 19.4 Å². The van der Waals surface area contributed by atoms with Crippen molar-refractivity contribution in [2.45, 2.75) is 19.3 Å². The average Bonchev–Trinajstić information content (AvgIpc) is 2.37. The van der Waals surface area contributed by atoms with Gasteiger partial charge in [0, 0.05) is 19.4 Å². The Morgan fingerprint density at radius 1 is 1.26 bits per heavy atom. The quantitative estimate of drug-likeness (QED) is 0.386. The van der Waals surface area contributed by atoms with E-state index in [2.05, 4.69) is 4.99 Å². The lowest BCUT2D eigenvalue weighted by Crippen LogP contribution is -2.02. The predicted molar refractivity (Wildman–Crippen MR) is 76.6 cm³/mol. The molecule has 6 heteroatoms. The van der Waals surface area contributed by atoms with Crippen molar-refractivity contribution in [1.29, 1.82) is 0 Å². The molecule has 0 atom stereocenters. The van der Waals surface area contributed by atoms with Gasteiger partial charge < -0.3 is 5.11 Å². The molecule has 0 radical (unpaired) electrons. The third-order valence-corrected chi connectivity index (χ3v) is 3.93. The molecule has 1 rings (SSSR count). The van der Waals surface area contributed by atoms with Crippen LogP contribution < -0.4 is 0 Å². The Kier molecular flexibility index (Phi) is 6.64. The molecule has 5 nitrogen and oxygen atoms in total. The first-order valence-electron chi connectivity index (χ1n) is 6.09. The zero-order valence-electron chi connectivity index (χ0n) is 10.6. The van der Waals surface area contributed by atoms with Crippen LogP contribution in [0.2, 0.25) is 0 Å². The molecule has 0 heterocycles. The summed E-state index contributed by atoms with van der Waals surface area (Å²) in [5.41, 5.74) is 1.05. The second-order valence-corrected chi connectivity index (χ2v) is 6.51. The first kappa shape index (κ1) is 15.8. The van der Waals surface area contributed by atoms with Gasteiger partial charge in [0.1, 0.15) is 6.16 Å². The second kappa shape index (κ2) is 8.00. The molecule has 3 N–H and O–H groups in total. The van der Waals surface area contributed by atoms with Gasteiger partial charge in [-0.3, -0.25) is 9.79 Å². The highest BCUT2D eigenvalue weighted by molar-refractivity contribution is 7.79. The standard InChI is InChI=1S/C13H18NO4P/c15-13(16)7-4-9-14-11-19(17,18)10-8-12-5-2-1-3-6-12/h1-3,5-6,11,17-18H,4,7-10H2/p+1. The lowest BCUT2D eigenvalue weighted by atomic mass is 10.2. The Bertz CT molecular complexity index is 420. The fourth-order valence-electron chi connectivity index (χ4n) is 1.51. The van der Waals surface area contributed by atoms with Crippen LogP contribution in [0.4, 0.5) is 0 Å². The van der Waals surface area contributed by atoms with Crippen LogP contribution in [0.15, 0.2) is 35.3 Å². The summed E-state index contributed by atoms with van der Waals surface area (Å²) in [6.07, 6.45) is 1.30. The number of hydrogen-bond acceptors (Lipinski definition) is 4. The molecule has 0 saturated carbocycles. The van der Waals surface area contributed by atoms with Gasteiger partial charge in [-0.2, -0.15) is 0 Å². The number of nitrogens with zero attached hydrogens (tertiary/aromatic N) is 1. The summed E-state index contributed by atoms with van der Waals surface area (Å²) in [6, 6.07) is 9.59. The first-order valence-corrected chi connectivity index (χ1v) is 8.04. The van der Waals surface area contributed by atoms with Crippen LogP contribution >= 0.6 is 7.72 Å². The summed E-state index contributed by atoms with van der Waals surface area (Å²) in [7, 11) is -3.11. The molecule has 0 bridgehead atoms. The van der Waals surface area contributed by atoms with E-state index < -0.39 is 13.7 Å². The summed E-state index contributed by atoms with van der Waals surface area (Å²) in [5.74, 6) is 0.325. The molecule has 0 fully saturated rings. The summed E-state index contributed by atoms with van der Waals surface area (Å²) >= 11 is 0. The minimum Gasteiger partial charge on any atom is -0.481 e. The molecule has 0 spiro atoms. The molecule has 0 aromatic heterocycles. The number of carboxylic acid groups (broad SMARTS) is 1. The number of rotatable bonds is 8. The Morgan fingerprint density at radius 2 is 1.95 bits per heavy atom. The zero-order valence-corrected chi connectivity index (χ0v) is 11.5. The van der Waals surface area contributed by atoms with Crippen molar-refractivity contribution in [2.75, 3.05) is 12.7 Å². The van der Waals surface area contributed by atoms with Crippen LogP contribution in [0.1, 0.15) is 18.4 Å². The van der Waals surface area contributed by atoms with Crippen molar-refractivity contribution in [1.82, 2.24) is 0 Å². The van der Waals surface area contributed by atoms with Gasteiger partial charge in [-0.05, 0) is 12.0 Å². The number of benzene rings is 1. The van der Waals surface area contributed by atoms with E-state index >= 15 is 0 Å². The van der Waals surface area contributed by atoms with Gasteiger partial charge >= 0.3 is 13.7 Å². The maximum atomic E-state index is 10.3. The molecule has 0 unspecified atom stereocenters. The van der Waals surface area contributed by atoms with E-state index in [1.807, 2.05) is 30.3 Å². The molecular weight excluding hydrogens is 265 g/mol. The first-order chi connectivity index (χ1) is 8.99. The van der Waals surface area contributed by atoms with E-state index in [9.17, 15) is 14.6 Å². The number of carboxylic acids is 1. The van der Waals surface area contributed by atoms with Gasteiger partial charge in [0.2, 0.25) is 5.96 Å². The van der Waals surface area contributed by atoms with E-state index in [1.165, 1.54) is 5.96 Å². The third kappa shape index (κ3) is 7.67. The van der Waals surface area contributed by atoms with E-state index in [4.69, 9.17) is 5.11 Å². The smallest absolute Gasteiger partial charge is 0.311 e. The lowest BCUT2D eigenvalue weighted by molar-refractivity contribution is -0.137. The zero-order chi connectivity index (χ0) is 14.1. The largest absolute Gasteiger partial charge is 0.481 e. The summed E-state index contributed by atoms with van der Waals surface area (Å²) in [5, 5.41) is 8.44. The molecule has 0 aliphatic heterocycles. The van der Waals surface area contributed by atoms with Crippen LogP contribution in [0.5, 0.6) is 0 Å². The van der Waals surface area contributed by atoms with Gasteiger partial charge in [0.15, 0.2) is 0 Å². The van der Waals surface area contributed by atoms with E-state index in [1.54, 1.807) is 0 Å². The number of aliphatic carboxylic acids is 1. The molecule has 0 aliphatic rings. The normalized spacial score (nSPS) is 11.9. The van der Waals surface area contributed by atoms with Crippen LogP contribution in [-0.4, -0.2) is 39.5 Å². The maximum absolute atomic E-state index is 10.3. The minimum atomic E-state index is -3.11. The molecule has 1 aromatic carbocycles. The number of carbonyl (C=O) groups is 1. The topological polar surface area (TPSA) is 90.1 Å². The van der Waals surface area contributed by atoms with Gasteiger partial charge in [0.05, 0.1) is 0 Å². The average molecular weight is 284 g/mol. The van der Waals surface area contributed by atoms with Gasteiger partial charge in [0.25, 0.3) is 0 Å². The second-order valence-electron chi connectivity index (χ2n) is 4.26. The molecule has 0 saturated heterocycles. The fraction of sp³-hybridized carbons (Fsp3) is 0.385. The number of aryl methyl sites for hydroxylation is 1. The Morgan fingerprint density at radius 3 is 2.58 bits per heavy atom.